The smallest absolute Gasteiger partial charge is 0.325 e. The number of aliphatic carboxylic acids is 1. The molecule has 0 bridgehead atoms. The van der Waals surface area contributed by atoms with Crippen molar-refractivity contribution < 1.29 is 14.3 Å². The van der Waals surface area contributed by atoms with Gasteiger partial charge in [0.2, 0.25) is 0 Å². The molecule has 15 heavy (non-hydrogen) atoms. The van der Waals surface area contributed by atoms with E-state index < -0.39 is 16.8 Å². The van der Waals surface area contributed by atoms with E-state index in [1.807, 2.05) is 12.1 Å². The van der Waals surface area contributed by atoms with Gasteiger partial charge < -0.3 is 15.3 Å². The number of thiol groups is 2. The van der Waals surface area contributed by atoms with Crippen LogP contribution in [0, 0.1) is 0 Å². The van der Waals surface area contributed by atoms with Gasteiger partial charge in [-0.05, 0) is 12.1 Å². The molecular weight excluding hydrogens is 234 g/mol. The average Bonchev–Trinajstić information content (AvgIpc) is 2.73. The van der Waals surface area contributed by atoms with E-state index in [2.05, 4.69) is 29.7 Å². The van der Waals surface area contributed by atoms with Crippen LogP contribution in [-0.2, 0) is 4.79 Å². The molecule has 1 heterocycles. The topological polar surface area (TPSA) is 76.5 Å². The first-order chi connectivity index (χ1) is 6.95. The van der Waals surface area contributed by atoms with Gasteiger partial charge in [0.05, 0.1) is 12.5 Å². The molecule has 0 saturated carbocycles. The quantitative estimate of drug-likeness (QED) is 0.609. The van der Waals surface area contributed by atoms with Gasteiger partial charge in [-0.3, -0.25) is 4.79 Å². The maximum atomic E-state index is 10.5. The Bertz CT molecular complexity index is 260. The predicted octanol–water partition coefficient (Wildman–Crippen LogP) is 1.30. The van der Waals surface area contributed by atoms with Gasteiger partial charge in [0.1, 0.15) is 5.54 Å². The molecule has 86 valence electrons. The van der Waals surface area contributed by atoms with Crippen LogP contribution in [0.4, 0.5) is 0 Å². The number of rotatable bonds is 3. The van der Waals surface area contributed by atoms with E-state index in [1.165, 1.54) is 0 Å². The van der Waals surface area contributed by atoms with E-state index in [-0.39, 0.29) is 5.75 Å². The molecule has 0 aliphatic carbocycles. The van der Waals surface area contributed by atoms with Crippen LogP contribution in [0.3, 0.4) is 0 Å². The fraction of sp³-hybridized carbons (Fsp3) is 0.444. The van der Waals surface area contributed by atoms with Crippen molar-refractivity contribution in [3.63, 3.8) is 0 Å². The molecule has 1 rings (SSSR count). The maximum absolute atomic E-state index is 10.5. The highest BCUT2D eigenvalue weighted by Crippen LogP contribution is 2.14. The second kappa shape index (κ2) is 6.81. The highest BCUT2D eigenvalue weighted by atomic mass is 32.1. The van der Waals surface area contributed by atoms with E-state index in [4.69, 9.17) is 10.8 Å². The molecule has 1 aromatic heterocycles. The maximum Gasteiger partial charge on any atom is 0.325 e. The van der Waals surface area contributed by atoms with Crippen LogP contribution in [0.25, 0.3) is 0 Å². The predicted molar refractivity (Wildman–Crippen MR) is 65.6 cm³/mol. The summed E-state index contributed by atoms with van der Waals surface area (Å²) in [5.41, 5.74) is 4.12. The highest BCUT2D eigenvalue weighted by Gasteiger charge is 2.36. The SMILES string of the molecule is CC(S)[C@](N)(CS)C(=O)O.c1ccoc1. The van der Waals surface area contributed by atoms with Gasteiger partial charge >= 0.3 is 5.97 Å². The largest absolute Gasteiger partial charge is 0.480 e. The van der Waals surface area contributed by atoms with E-state index >= 15 is 0 Å². The van der Waals surface area contributed by atoms with E-state index in [0.717, 1.165) is 0 Å². The second-order valence-corrected chi connectivity index (χ2v) is 4.06. The molecule has 0 aliphatic rings. The summed E-state index contributed by atoms with van der Waals surface area (Å²) >= 11 is 7.77. The van der Waals surface area contributed by atoms with Gasteiger partial charge in [0.25, 0.3) is 0 Å². The van der Waals surface area contributed by atoms with Crippen LogP contribution >= 0.6 is 25.3 Å². The molecule has 0 radical (unpaired) electrons. The second-order valence-electron chi connectivity index (χ2n) is 2.97. The average molecular weight is 249 g/mol. The Morgan fingerprint density at radius 1 is 1.60 bits per heavy atom. The van der Waals surface area contributed by atoms with Crippen LogP contribution < -0.4 is 5.73 Å². The molecular formula is C9H15NO3S2. The summed E-state index contributed by atoms with van der Waals surface area (Å²) in [6.45, 7) is 1.63. The third-order valence-corrected chi connectivity index (χ3v) is 2.81. The monoisotopic (exact) mass is 249 g/mol. The molecule has 0 saturated heterocycles. The van der Waals surface area contributed by atoms with Crippen LogP contribution in [0.5, 0.6) is 0 Å². The summed E-state index contributed by atoms with van der Waals surface area (Å²) in [6, 6.07) is 3.67. The van der Waals surface area contributed by atoms with Gasteiger partial charge in [-0.15, -0.1) is 0 Å². The van der Waals surface area contributed by atoms with Gasteiger partial charge in [0.15, 0.2) is 0 Å². The molecule has 2 atom stereocenters. The zero-order chi connectivity index (χ0) is 11.9. The summed E-state index contributed by atoms with van der Waals surface area (Å²) in [4.78, 5) is 10.5. The highest BCUT2D eigenvalue weighted by molar-refractivity contribution is 7.81. The Balaban J connectivity index is 0.000000322. The minimum absolute atomic E-state index is 0.0903. The van der Waals surface area contributed by atoms with Crippen LogP contribution in [0.2, 0.25) is 0 Å². The van der Waals surface area contributed by atoms with Crippen molar-refractivity contribution in [1.82, 2.24) is 0 Å². The van der Waals surface area contributed by atoms with Crippen molar-refractivity contribution in [2.24, 2.45) is 5.73 Å². The Morgan fingerprint density at radius 2 is 2.07 bits per heavy atom. The first-order valence-corrected chi connectivity index (χ1v) is 5.38. The fourth-order valence-electron chi connectivity index (χ4n) is 0.605. The normalized spacial score (nSPS) is 15.7. The van der Waals surface area contributed by atoms with Crippen LogP contribution in [0.15, 0.2) is 29.1 Å². The Morgan fingerprint density at radius 3 is 2.13 bits per heavy atom. The number of carboxylic acid groups (broad SMARTS) is 1. The van der Waals surface area contributed by atoms with E-state index in [0.29, 0.717) is 0 Å². The Kier molecular flexibility index (Phi) is 6.55. The molecule has 0 aliphatic heterocycles. The summed E-state index contributed by atoms with van der Waals surface area (Å²) in [7, 11) is 0. The number of hydrogen-bond donors (Lipinski definition) is 4. The van der Waals surface area contributed by atoms with E-state index in [9.17, 15) is 4.79 Å². The lowest BCUT2D eigenvalue weighted by atomic mass is 10.0. The third kappa shape index (κ3) is 4.63. The number of hydrogen-bond acceptors (Lipinski definition) is 5. The summed E-state index contributed by atoms with van der Waals surface area (Å²) in [5, 5.41) is 8.18. The molecule has 1 unspecified atom stereocenters. The van der Waals surface area contributed by atoms with Gasteiger partial charge in [-0.2, -0.15) is 25.3 Å². The Hall–Kier alpha value is -0.590. The van der Waals surface area contributed by atoms with Gasteiger partial charge in [0, 0.05) is 11.0 Å². The van der Waals surface area contributed by atoms with Crippen molar-refractivity contribution in [3.05, 3.63) is 24.7 Å². The molecule has 6 heteroatoms. The van der Waals surface area contributed by atoms with Crippen molar-refractivity contribution in [3.8, 4) is 0 Å². The first kappa shape index (κ1) is 14.4. The van der Waals surface area contributed by atoms with Gasteiger partial charge in [-0.25, -0.2) is 0 Å². The fourth-order valence-corrected chi connectivity index (χ4v) is 1.36. The Labute approximate surface area is 99.7 Å². The van der Waals surface area contributed by atoms with Crippen LogP contribution in [0.1, 0.15) is 6.92 Å². The minimum Gasteiger partial charge on any atom is -0.480 e. The molecule has 0 aromatic carbocycles. The third-order valence-electron chi connectivity index (χ3n) is 1.83. The molecule has 0 amide bonds. The van der Waals surface area contributed by atoms with Gasteiger partial charge in [-0.1, -0.05) is 6.92 Å². The van der Waals surface area contributed by atoms with E-state index in [1.54, 1.807) is 19.5 Å². The van der Waals surface area contributed by atoms with Crippen molar-refractivity contribution in [2.45, 2.75) is 17.7 Å². The van der Waals surface area contributed by atoms with Crippen molar-refractivity contribution in [2.75, 3.05) is 5.75 Å². The zero-order valence-corrected chi connectivity index (χ0v) is 10.1. The summed E-state index contributed by atoms with van der Waals surface area (Å²) in [6.07, 6.45) is 3.25. The summed E-state index contributed by atoms with van der Waals surface area (Å²) in [5.74, 6) is -0.975. The first-order valence-electron chi connectivity index (χ1n) is 4.23. The lowest BCUT2D eigenvalue weighted by Gasteiger charge is -2.25. The molecule has 0 fully saturated rings. The molecule has 3 N–H and O–H groups in total. The van der Waals surface area contributed by atoms with Crippen molar-refractivity contribution >= 4 is 31.2 Å². The number of nitrogens with two attached hydrogens (primary N) is 1. The van der Waals surface area contributed by atoms with Crippen LogP contribution in [-0.4, -0.2) is 27.6 Å². The summed E-state index contributed by atoms with van der Waals surface area (Å²) < 4.78 is 4.58. The number of furan rings is 1. The standard InChI is InChI=1S/C5H11NO2S2.C4H4O/c1-3(10)5(6,2-9)4(7)8;1-2-4-5-3-1/h3,9-10H,2,6H2,1H3,(H,7,8);1-4H/t3?,5-;/m1./s1. The lowest BCUT2D eigenvalue weighted by molar-refractivity contribution is -0.142. The molecule has 4 nitrogen and oxygen atoms in total. The number of carboxylic acids is 1. The molecule has 1 aromatic rings. The minimum atomic E-state index is -1.31. The lowest BCUT2D eigenvalue weighted by Crippen LogP contribution is -2.56. The molecule has 0 spiro atoms. The van der Waals surface area contributed by atoms with Crippen molar-refractivity contribution in [1.29, 1.82) is 0 Å². The number of carbonyl (C=O) groups is 1. The zero-order valence-electron chi connectivity index (χ0n) is 8.33.